The molecule has 0 saturated carbocycles. The fourth-order valence-corrected chi connectivity index (χ4v) is 3.52. The highest BCUT2D eigenvalue weighted by Gasteiger charge is 2.17. The predicted octanol–water partition coefficient (Wildman–Crippen LogP) is 5.32. The molecule has 1 aliphatic rings. The summed E-state index contributed by atoms with van der Waals surface area (Å²) in [6, 6.07) is 13.3. The van der Waals surface area contributed by atoms with E-state index in [9.17, 15) is 4.79 Å². The van der Waals surface area contributed by atoms with E-state index in [2.05, 4.69) is 42.0 Å². The Hall–Kier alpha value is -2.05. The van der Waals surface area contributed by atoms with Gasteiger partial charge in [-0.25, -0.2) is 0 Å². The minimum Gasteiger partial charge on any atom is -0.491 e. The van der Waals surface area contributed by atoms with E-state index < -0.39 is 0 Å². The average Bonchev–Trinajstić information content (AvgIpc) is 3.19. The van der Waals surface area contributed by atoms with Crippen LogP contribution in [0.5, 0.6) is 11.5 Å². The molecule has 1 aliphatic heterocycles. The van der Waals surface area contributed by atoms with Gasteiger partial charge in [-0.2, -0.15) is 0 Å². The maximum Gasteiger partial charge on any atom is 0.262 e. The van der Waals surface area contributed by atoms with E-state index in [1.54, 1.807) is 0 Å². The van der Waals surface area contributed by atoms with Crippen LogP contribution in [0.2, 0.25) is 0 Å². The zero-order valence-corrected chi connectivity index (χ0v) is 18.8. The molecular weight excluding hydrogens is 434 g/mol. The summed E-state index contributed by atoms with van der Waals surface area (Å²) in [7, 11) is 0. The van der Waals surface area contributed by atoms with Crippen LogP contribution in [0.15, 0.2) is 46.9 Å². The van der Waals surface area contributed by atoms with Gasteiger partial charge in [0.1, 0.15) is 18.1 Å². The van der Waals surface area contributed by atoms with Gasteiger partial charge in [0.15, 0.2) is 6.61 Å². The number of halogens is 1. The summed E-state index contributed by atoms with van der Waals surface area (Å²) < 4.78 is 17.8. The van der Waals surface area contributed by atoms with Crippen LogP contribution in [0.3, 0.4) is 0 Å². The Morgan fingerprint density at radius 3 is 2.55 bits per heavy atom. The summed E-state index contributed by atoms with van der Waals surface area (Å²) in [5, 5.41) is 2.83. The molecule has 0 aliphatic carbocycles. The van der Waals surface area contributed by atoms with E-state index in [1.807, 2.05) is 42.5 Å². The molecule has 1 N–H and O–H groups in total. The standard InChI is InChI=1S/C23H28BrNO4/c1-23(2,3)16-6-11-21(20(24)13-16)29-15-22(26)25-17-7-9-18(10-8-17)28-14-19-5-4-12-27-19/h6-11,13,19H,4-5,12,14-15H2,1-3H3,(H,25,26). The second-order valence-corrected chi connectivity index (χ2v) is 9.06. The Kier molecular flexibility index (Phi) is 7.19. The number of carbonyl (C=O) groups is 1. The quantitative estimate of drug-likeness (QED) is 0.605. The van der Waals surface area contributed by atoms with Crippen molar-refractivity contribution < 1.29 is 19.0 Å². The molecule has 2 aromatic rings. The van der Waals surface area contributed by atoms with Crippen molar-refractivity contribution in [1.29, 1.82) is 0 Å². The van der Waals surface area contributed by atoms with Gasteiger partial charge in [-0.05, 0) is 76.1 Å². The first-order chi connectivity index (χ1) is 13.8. The zero-order chi connectivity index (χ0) is 20.9. The number of carbonyl (C=O) groups excluding carboxylic acids is 1. The van der Waals surface area contributed by atoms with Gasteiger partial charge in [0, 0.05) is 12.3 Å². The summed E-state index contributed by atoms with van der Waals surface area (Å²) in [5.74, 6) is 1.19. The van der Waals surface area contributed by atoms with Crippen molar-refractivity contribution in [1.82, 2.24) is 0 Å². The SMILES string of the molecule is CC(C)(C)c1ccc(OCC(=O)Nc2ccc(OCC3CCCO3)cc2)c(Br)c1. The van der Waals surface area contributed by atoms with Crippen molar-refractivity contribution >= 4 is 27.5 Å². The first-order valence-corrected chi connectivity index (χ1v) is 10.7. The Balaban J connectivity index is 1.46. The summed E-state index contributed by atoms with van der Waals surface area (Å²) >= 11 is 3.52. The van der Waals surface area contributed by atoms with E-state index in [1.165, 1.54) is 5.56 Å². The second-order valence-electron chi connectivity index (χ2n) is 8.20. The van der Waals surface area contributed by atoms with Gasteiger partial charge in [0.25, 0.3) is 5.91 Å². The van der Waals surface area contributed by atoms with Gasteiger partial charge in [-0.3, -0.25) is 4.79 Å². The lowest BCUT2D eigenvalue weighted by molar-refractivity contribution is -0.118. The molecule has 1 atom stereocenters. The monoisotopic (exact) mass is 461 g/mol. The van der Waals surface area contributed by atoms with Crippen LogP contribution in [0.25, 0.3) is 0 Å². The predicted molar refractivity (Wildman–Crippen MR) is 118 cm³/mol. The topological polar surface area (TPSA) is 56.8 Å². The summed E-state index contributed by atoms with van der Waals surface area (Å²) in [4.78, 5) is 12.2. The molecule has 0 spiro atoms. The molecule has 3 rings (SSSR count). The fraction of sp³-hybridized carbons (Fsp3) is 0.435. The molecule has 0 bridgehead atoms. The molecule has 156 valence electrons. The molecule has 1 heterocycles. The Morgan fingerprint density at radius 1 is 1.17 bits per heavy atom. The van der Waals surface area contributed by atoms with Gasteiger partial charge in [-0.15, -0.1) is 0 Å². The third-order valence-electron chi connectivity index (χ3n) is 4.75. The third-order valence-corrected chi connectivity index (χ3v) is 5.37. The second kappa shape index (κ2) is 9.63. The summed E-state index contributed by atoms with van der Waals surface area (Å²) in [5.41, 5.74) is 1.95. The molecule has 1 unspecified atom stereocenters. The number of benzene rings is 2. The Morgan fingerprint density at radius 2 is 1.93 bits per heavy atom. The zero-order valence-electron chi connectivity index (χ0n) is 17.2. The van der Waals surface area contributed by atoms with Crippen molar-refractivity contribution in [2.45, 2.75) is 45.1 Å². The smallest absolute Gasteiger partial charge is 0.262 e. The van der Waals surface area contributed by atoms with Crippen molar-refractivity contribution in [3.8, 4) is 11.5 Å². The Labute approximate surface area is 180 Å². The van der Waals surface area contributed by atoms with Crippen molar-refractivity contribution in [2.24, 2.45) is 0 Å². The number of ether oxygens (including phenoxy) is 3. The van der Waals surface area contributed by atoms with Crippen LogP contribution >= 0.6 is 15.9 Å². The molecule has 1 amide bonds. The van der Waals surface area contributed by atoms with Gasteiger partial charge in [-0.1, -0.05) is 26.8 Å². The third kappa shape index (κ3) is 6.47. The van der Waals surface area contributed by atoms with Gasteiger partial charge >= 0.3 is 0 Å². The normalized spacial score (nSPS) is 16.5. The van der Waals surface area contributed by atoms with Gasteiger partial charge in [0.05, 0.1) is 10.6 Å². The van der Waals surface area contributed by atoms with E-state index in [4.69, 9.17) is 14.2 Å². The molecule has 1 fully saturated rings. The van der Waals surface area contributed by atoms with Crippen LogP contribution in [0.4, 0.5) is 5.69 Å². The molecule has 0 aromatic heterocycles. The first-order valence-electron chi connectivity index (χ1n) is 9.88. The molecule has 29 heavy (non-hydrogen) atoms. The van der Waals surface area contributed by atoms with E-state index in [0.29, 0.717) is 18.0 Å². The van der Waals surface area contributed by atoms with Crippen LogP contribution in [-0.4, -0.2) is 31.8 Å². The average molecular weight is 462 g/mol. The molecule has 1 saturated heterocycles. The lowest BCUT2D eigenvalue weighted by Crippen LogP contribution is -2.20. The fourth-order valence-electron chi connectivity index (χ4n) is 3.02. The molecule has 2 aromatic carbocycles. The van der Waals surface area contributed by atoms with Gasteiger partial charge in [0.2, 0.25) is 0 Å². The van der Waals surface area contributed by atoms with Gasteiger partial charge < -0.3 is 19.5 Å². The minimum absolute atomic E-state index is 0.0540. The number of amides is 1. The number of nitrogens with one attached hydrogen (secondary N) is 1. The van der Waals surface area contributed by atoms with Crippen LogP contribution in [0, 0.1) is 0 Å². The Bertz CT molecular complexity index is 824. The molecule has 0 radical (unpaired) electrons. The molecule has 6 heteroatoms. The highest BCUT2D eigenvalue weighted by molar-refractivity contribution is 9.10. The number of hydrogen-bond donors (Lipinski definition) is 1. The summed E-state index contributed by atoms with van der Waals surface area (Å²) in [6.45, 7) is 7.77. The van der Waals surface area contributed by atoms with Crippen LogP contribution in [-0.2, 0) is 14.9 Å². The minimum atomic E-state index is -0.218. The van der Waals surface area contributed by atoms with Crippen molar-refractivity contribution in [3.05, 3.63) is 52.5 Å². The maximum absolute atomic E-state index is 12.2. The van der Waals surface area contributed by atoms with E-state index in [-0.39, 0.29) is 24.0 Å². The van der Waals surface area contributed by atoms with E-state index >= 15 is 0 Å². The summed E-state index contributed by atoms with van der Waals surface area (Å²) in [6.07, 6.45) is 2.32. The highest BCUT2D eigenvalue weighted by atomic mass is 79.9. The number of anilines is 1. The largest absolute Gasteiger partial charge is 0.491 e. The molecular formula is C23H28BrNO4. The maximum atomic E-state index is 12.2. The van der Waals surface area contributed by atoms with Crippen LogP contribution < -0.4 is 14.8 Å². The van der Waals surface area contributed by atoms with Crippen molar-refractivity contribution in [2.75, 3.05) is 25.1 Å². The number of hydrogen-bond acceptors (Lipinski definition) is 4. The lowest BCUT2D eigenvalue weighted by atomic mass is 9.87. The lowest BCUT2D eigenvalue weighted by Gasteiger charge is -2.20. The first kappa shape index (κ1) is 21.7. The van der Waals surface area contributed by atoms with E-state index in [0.717, 1.165) is 29.7 Å². The molecule has 5 nitrogen and oxygen atoms in total. The highest BCUT2D eigenvalue weighted by Crippen LogP contribution is 2.31. The van der Waals surface area contributed by atoms with Crippen molar-refractivity contribution in [3.63, 3.8) is 0 Å². The van der Waals surface area contributed by atoms with Crippen LogP contribution in [0.1, 0.15) is 39.2 Å². The number of rotatable bonds is 7.